The minimum Gasteiger partial charge on any atom is -0.508 e. The SMILES string of the molecule is CCC(N)CN(C)C(=O)c1c(-c2cc(F)cc(F)c2)cnc2ccc(-c3cc(O)cc(C#N)c3)cc12. The largest absolute Gasteiger partial charge is 0.508 e. The van der Waals surface area contributed by atoms with Crippen LogP contribution in [-0.4, -0.2) is 40.5 Å². The molecular formula is C28H24F2N4O2. The van der Waals surface area contributed by atoms with Gasteiger partial charge in [0.25, 0.3) is 5.91 Å². The van der Waals surface area contributed by atoms with Crippen molar-refractivity contribution in [1.82, 2.24) is 9.88 Å². The molecule has 4 rings (SSSR count). The first-order chi connectivity index (χ1) is 17.2. The number of fused-ring (bicyclic) bond motifs is 1. The number of carbonyl (C=O) groups is 1. The number of nitrogens with two attached hydrogens (primary N) is 1. The number of halogens is 2. The van der Waals surface area contributed by atoms with Crippen LogP contribution in [0.5, 0.6) is 5.75 Å². The summed E-state index contributed by atoms with van der Waals surface area (Å²) < 4.78 is 28.2. The first-order valence-electron chi connectivity index (χ1n) is 11.3. The highest BCUT2D eigenvalue weighted by atomic mass is 19.1. The normalized spacial score (nSPS) is 11.8. The van der Waals surface area contributed by atoms with Gasteiger partial charge in [0.1, 0.15) is 17.4 Å². The molecule has 1 unspecified atom stereocenters. The second kappa shape index (κ2) is 10.1. The van der Waals surface area contributed by atoms with Gasteiger partial charge in [-0.3, -0.25) is 9.78 Å². The minimum atomic E-state index is -0.776. The highest BCUT2D eigenvalue weighted by molar-refractivity contribution is 6.12. The van der Waals surface area contributed by atoms with Crippen molar-refractivity contribution >= 4 is 16.8 Å². The molecule has 1 atom stereocenters. The fraction of sp³-hybridized carbons (Fsp3) is 0.179. The van der Waals surface area contributed by atoms with Crippen molar-refractivity contribution in [2.45, 2.75) is 19.4 Å². The molecular weight excluding hydrogens is 462 g/mol. The molecule has 0 bridgehead atoms. The number of aromatic nitrogens is 1. The van der Waals surface area contributed by atoms with Crippen molar-refractivity contribution in [1.29, 1.82) is 5.26 Å². The number of carbonyl (C=O) groups excluding carboxylic acids is 1. The van der Waals surface area contributed by atoms with Gasteiger partial charge in [0, 0.05) is 42.8 Å². The van der Waals surface area contributed by atoms with E-state index >= 15 is 0 Å². The summed E-state index contributed by atoms with van der Waals surface area (Å²) in [7, 11) is 1.62. The second-order valence-corrected chi connectivity index (χ2v) is 8.67. The lowest BCUT2D eigenvalue weighted by molar-refractivity contribution is 0.0788. The van der Waals surface area contributed by atoms with Crippen LogP contribution < -0.4 is 5.73 Å². The van der Waals surface area contributed by atoms with Gasteiger partial charge in [-0.25, -0.2) is 8.78 Å². The Balaban J connectivity index is 1.98. The van der Waals surface area contributed by atoms with E-state index < -0.39 is 11.6 Å². The molecule has 0 radical (unpaired) electrons. The molecule has 8 heteroatoms. The average molecular weight is 487 g/mol. The van der Waals surface area contributed by atoms with E-state index in [4.69, 9.17) is 5.73 Å². The fourth-order valence-electron chi connectivity index (χ4n) is 4.13. The molecule has 0 aliphatic carbocycles. The fourth-order valence-corrected chi connectivity index (χ4v) is 4.13. The van der Waals surface area contributed by atoms with E-state index in [0.29, 0.717) is 28.5 Å². The van der Waals surface area contributed by atoms with Gasteiger partial charge in [-0.05, 0) is 65.6 Å². The van der Waals surface area contributed by atoms with Crippen LogP contribution in [0.4, 0.5) is 8.78 Å². The minimum absolute atomic E-state index is 0.0733. The summed E-state index contributed by atoms with van der Waals surface area (Å²) in [6.45, 7) is 2.21. The zero-order valence-electron chi connectivity index (χ0n) is 19.8. The number of likely N-dealkylation sites (N-methyl/N-ethyl adjacent to an activating group) is 1. The highest BCUT2D eigenvalue weighted by Gasteiger charge is 2.23. The standard InChI is InChI=1S/C28H24F2N4O2/c1-3-22(32)15-34(2)28(36)27-24-11-17(18-6-16(13-31)7-23(35)10-18)4-5-26(24)33-14-25(27)19-8-20(29)12-21(30)9-19/h4-12,14,22,35H,3,15,32H2,1-2H3. The number of hydrogen-bond donors (Lipinski definition) is 2. The number of phenols is 1. The number of aromatic hydroxyl groups is 1. The Labute approximate surface area is 207 Å². The molecule has 0 saturated heterocycles. The molecule has 6 nitrogen and oxygen atoms in total. The highest BCUT2D eigenvalue weighted by Crippen LogP contribution is 2.34. The Hall–Kier alpha value is -4.35. The van der Waals surface area contributed by atoms with Crippen LogP contribution in [-0.2, 0) is 0 Å². The molecule has 0 spiro atoms. The van der Waals surface area contributed by atoms with Crippen LogP contribution in [0, 0.1) is 23.0 Å². The Morgan fingerprint density at radius 3 is 2.47 bits per heavy atom. The first-order valence-corrected chi connectivity index (χ1v) is 11.3. The number of benzene rings is 3. The van der Waals surface area contributed by atoms with Crippen molar-refractivity contribution in [3.05, 3.63) is 83.6 Å². The summed E-state index contributed by atoms with van der Waals surface area (Å²) in [6.07, 6.45) is 2.10. The molecule has 0 saturated carbocycles. The summed E-state index contributed by atoms with van der Waals surface area (Å²) in [5.41, 5.74) is 8.71. The topological polar surface area (TPSA) is 103 Å². The third kappa shape index (κ3) is 5.02. The van der Waals surface area contributed by atoms with Crippen LogP contribution in [0.2, 0.25) is 0 Å². The second-order valence-electron chi connectivity index (χ2n) is 8.67. The number of rotatable bonds is 6. The summed E-state index contributed by atoms with van der Waals surface area (Å²) >= 11 is 0. The molecule has 1 heterocycles. The maximum Gasteiger partial charge on any atom is 0.255 e. The molecule has 3 aromatic carbocycles. The van der Waals surface area contributed by atoms with Gasteiger partial charge in [0.05, 0.1) is 22.7 Å². The zero-order chi connectivity index (χ0) is 26.0. The summed E-state index contributed by atoms with van der Waals surface area (Å²) in [5.74, 6) is -2.00. The lowest BCUT2D eigenvalue weighted by Crippen LogP contribution is -2.38. The Morgan fingerprint density at radius 2 is 1.81 bits per heavy atom. The van der Waals surface area contributed by atoms with Gasteiger partial charge in [0.15, 0.2) is 0 Å². The predicted octanol–water partition coefficient (Wildman–Crippen LogP) is 5.23. The third-order valence-electron chi connectivity index (χ3n) is 6.02. The third-order valence-corrected chi connectivity index (χ3v) is 6.02. The summed E-state index contributed by atoms with van der Waals surface area (Å²) in [5, 5.41) is 19.8. The zero-order valence-corrected chi connectivity index (χ0v) is 19.8. The van der Waals surface area contributed by atoms with Gasteiger partial charge in [-0.15, -0.1) is 0 Å². The Kier molecular flexibility index (Phi) is 6.95. The van der Waals surface area contributed by atoms with Gasteiger partial charge >= 0.3 is 0 Å². The van der Waals surface area contributed by atoms with E-state index in [0.717, 1.165) is 18.2 Å². The molecule has 0 fully saturated rings. The van der Waals surface area contributed by atoms with Gasteiger partial charge in [-0.2, -0.15) is 5.26 Å². The molecule has 1 aromatic heterocycles. The number of hydrogen-bond acceptors (Lipinski definition) is 5. The van der Waals surface area contributed by atoms with Gasteiger partial charge in [-0.1, -0.05) is 13.0 Å². The molecule has 0 aliphatic heterocycles. The number of phenolic OH excluding ortho intramolecular Hbond substituents is 1. The Morgan fingerprint density at radius 1 is 1.08 bits per heavy atom. The monoisotopic (exact) mass is 486 g/mol. The van der Waals surface area contributed by atoms with E-state index in [-0.39, 0.29) is 46.5 Å². The van der Waals surface area contributed by atoms with E-state index in [1.807, 2.05) is 13.0 Å². The quantitative estimate of drug-likeness (QED) is 0.388. The molecule has 1 amide bonds. The van der Waals surface area contributed by atoms with E-state index in [9.17, 15) is 23.9 Å². The van der Waals surface area contributed by atoms with Crippen molar-refractivity contribution in [3.8, 4) is 34.1 Å². The van der Waals surface area contributed by atoms with Gasteiger partial charge < -0.3 is 15.7 Å². The molecule has 0 aliphatic rings. The van der Waals surface area contributed by atoms with Gasteiger partial charge in [0.2, 0.25) is 0 Å². The van der Waals surface area contributed by atoms with Crippen molar-refractivity contribution < 1.29 is 18.7 Å². The van der Waals surface area contributed by atoms with E-state index in [1.54, 1.807) is 31.3 Å². The Bertz CT molecular complexity index is 1490. The number of nitrogens with zero attached hydrogens (tertiary/aromatic N) is 3. The lowest BCUT2D eigenvalue weighted by Gasteiger charge is -2.23. The maximum absolute atomic E-state index is 14.1. The van der Waals surface area contributed by atoms with Crippen LogP contribution >= 0.6 is 0 Å². The van der Waals surface area contributed by atoms with Crippen LogP contribution in [0.15, 0.2) is 60.8 Å². The predicted molar refractivity (Wildman–Crippen MR) is 134 cm³/mol. The average Bonchev–Trinajstić information content (AvgIpc) is 2.86. The molecule has 4 aromatic rings. The van der Waals surface area contributed by atoms with Crippen molar-refractivity contribution in [3.63, 3.8) is 0 Å². The number of nitriles is 1. The molecule has 3 N–H and O–H groups in total. The maximum atomic E-state index is 14.1. The summed E-state index contributed by atoms with van der Waals surface area (Å²) in [6, 6.07) is 14.5. The van der Waals surface area contributed by atoms with Crippen LogP contribution in [0.1, 0.15) is 29.3 Å². The van der Waals surface area contributed by atoms with Crippen molar-refractivity contribution in [2.75, 3.05) is 13.6 Å². The molecule has 36 heavy (non-hydrogen) atoms. The first kappa shape index (κ1) is 24.8. The number of amides is 1. The summed E-state index contributed by atoms with van der Waals surface area (Å²) in [4.78, 5) is 19.7. The smallest absolute Gasteiger partial charge is 0.255 e. The lowest BCUT2D eigenvalue weighted by atomic mass is 9.94. The van der Waals surface area contributed by atoms with E-state index in [1.165, 1.54) is 23.2 Å². The van der Waals surface area contributed by atoms with Crippen molar-refractivity contribution in [2.24, 2.45) is 5.73 Å². The van der Waals surface area contributed by atoms with Crippen LogP contribution in [0.25, 0.3) is 33.2 Å². The van der Waals surface area contributed by atoms with E-state index in [2.05, 4.69) is 4.98 Å². The van der Waals surface area contributed by atoms with Crippen LogP contribution in [0.3, 0.4) is 0 Å². The number of pyridine rings is 1. The molecule has 182 valence electrons.